The van der Waals surface area contributed by atoms with Crippen molar-refractivity contribution in [2.45, 2.75) is 83.2 Å². The maximum Gasteiger partial charge on any atom is 0.309 e. The van der Waals surface area contributed by atoms with Gasteiger partial charge in [-0.2, -0.15) is 0 Å². The van der Waals surface area contributed by atoms with Crippen LogP contribution in [0, 0.1) is 17.2 Å². The second-order valence-corrected chi connectivity index (χ2v) is 12.8. The summed E-state index contributed by atoms with van der Waals surface area (Å²) in [5.41, 5.74) is 6.18. The van der Waals surface area contributed by atoms with Crippen molar-refractivity contribution < 1.29 is 23.4 Å². The van der Waals surface area contributed by atoms with E-state index in [0.29, 0.717) is 24.0 Å². The number of halogens is 1. The normalized spacial score (nSPS) is 24.4. The molecular weight excluding hydrogens is 517 g/mol. The molecule has 216 valence electrons. The number of nitrogens with zero attached hydrogens (tertiary/aromatic N) is 1. The first-order valence-electron chi connectivity index (χ1n) is 14.9. The third-order valence-corrected chi connectivity index (χ3v) is 10.2. The van der Waals surface area contributed by atoms with Gasteiger partial charge in [-0.3, -0.25) is 4.79 Å². The van der Waals surface area contributed by atoms with Gasteiger partial charge in [-0.05, 0) is 96.2 Å². The summed E-state index contributed by atoms with van der Waals surface area (Å²) in [7, 11) is 3.04. The Kier molecular flexibility index (Phi) is 7.29. The third kappa shape index (κ3) is 4.89. The molecule has 6 rings (SSSR count). The molecule has 1 heterocycles. The minimum Gasteiger partial charge on any atom is -0.489 e. The van der Waals surface area contributed by atoms with Gasteiger partial charge < -0.3 is 14.2 Å². The van der Waals surface area contributed by atoms with E-state index in [4.69, 9.17) is 14.2 Å². The summed E-state index contributed by atoms with van der Waals surface area (Å²) in [5, 5.41) is 0. The van der Waals surface area contributed by atoms with Crippen LogP contribution in [0.15, 0.2) is 48.7 Å². The van der Waals surface area contributed by atoms with Crippen LogP contribution < -0.4 is 9.47 Å². The van der Waals surface area contributed by atoms with E-state index in [1.54, 1.807) is 13.2 Å². The van der Waals surface area contributed by atoms with Crippen LogP contribution in [0.4, 0.5) is 4.39 Å². The molecule has 0 unspecified atom stereocenters. The van der Waals surface area contributed by atoms with Crippen LogP contribution in [-0.4, -0.2) is 25.2 Å². The number of aryl methyl sites for hydroxylation is 1. The number of fused-ring (bicyclic) bond motifs is 2. The molecule has 5 nitrogen and oxygen atoms in total. The lowest BCUT2D eigenvalue weighted by molar-refractivity contribution is -0.153. The summed E-state index contributed by atoms with van der Waals surface area (Å²) in [6, 6.07) is 14.3. The first kappa shape index (κ1) is 27.7. The molecule has 1 aromatic heterocycles. The van der Waals surface area contributed by atoms with Gasteiger partial charge in [0.2, 0.25) is 5.88 Å². The lowest BCUT2D eigenvalue weighted by Gasteiger charge is -2.51. The number of carbonyl (C=O) groups excluding carboxylic acids is 1. The van der Waals surface area contributed by atoms with Crippen LogP contribution in [0.3, 0.4) is 0 Å². The molecule has 3 aromatic rings. The summed E-state index contributed by atoms with van der Waals surface area (Å²) >= 11 is 0. The molecule has 3 aliphatic carbocycles. The number of aromatic nitrogens is 1. The molecular formula is C35H40FNO4. The van der Waals surface area contributed by atoms with E-state index in [1.807, 2.05) is 12.1 Å². The fraction of sp³-hybridized carbons (Fsp3) is 0.486. The molecule has 6 heteroatoms. The van der Waals surface area contributed by atoms with E-state index >= 15 is 4.39 Å². The minimum absolute atomic E-state index is 0.0705. The van der Waals surface area contributed by atoms with Gasteiger partial charge >= 0.3 is 5.97 Å². The maximum atomic E-state index is 15.1. The number of rotatable bonds is 7. The van der Waals surface area contributed by atoms with Gasteiger partial charge in [-0.1, -0.05) is 44.5 Å². The van der Waals surface area contributed by atoms with Crippen LogP contribution >= 0.6 is 0 Å². The van der Waals surface area contributed by atoms with Crippen LogP contribution in [0.2, 0.25) is 0 Å². The summed E-state index contributed by atoms with van der Waals surface area (Å²) in [6.45, 7) is 5.03. The van der Waals surface area contributed by atoms with Crippen molar-refractivity contribution in [3.8, 4) is 22.8 Å². The highest BCUT2D eigenvalue weighted by atomic mass is 19.1. The number of hydrogen-bond donors (Lipinski definition) is 0. The summed E-state index contributed by atoms with van der Waals surface area (Å²) in [5.74, 6) is 1.01. The fourth-order valence-corrected chi connectivity index (χ4v) is 7.84. The molecule has 3 aliphatic rings. The minimum atomic E-state index is -0.351. The Balaban J connectivity index is 1.31. The molecule has 2 fully saturated rings. The first-order valence-corrected chi connectivity index (χ1v) is 14.9. The number of hydrogen-bond acceptors (Lipinski definition) is 5. The van der Waals surface area contributed by atoms with Crippen LogP contribution in [0.1, 0.15) is 87.0 Å². The van der Waals surface area contributed by atoms with E-state index in [-0.39, 0.29) is 28.5 Å². The lowest BCUT2D eigenvalue weighted by atomic mass is 9.52. The Morgan fingerprint density at radius 1 is 1.00 bits per heavy atom. The average molecular weight is 558 g/mol. The predicted molar refractivity (Wildman–Crippen MR) is 157 cm³/mol. The van der Waals surface area contributed by atoms with Crippen molar-refractivity contribution in [3.63, 3.8) is 0 Å². The number of benzene rings is 2. The van der Waals surface area contributed by atoms with Crippen molar-refractivity contribution in [2.75, 3.05) is 14.2 Å². The topological polar surface area (TPSA) is 57.7 Å². The van der Waals surface area contributed by atoms with Gasteiger partial charge in [0.25, 0.3) is 0 Å². The summed E-state index contributed by atoms with van der Waals surface area (Å²) in [4.78, 5) is 16.6. The van der Waals surface area contributed by atoms with Crippen LogP contribution in [0.5, 0.6) is 11.6 Å². The average Bonchev–Trinajstić information content (AvgIpc) is 3.33. The molecule has 0 N–H and O–H groups in total. The molecule has 0 saturated heterocycles. The second-order valence-electron chi connectivity index (χ2n) is 12.8. The monoisotopic (exact) mass is 557 g/mol. The van der Waals surface area contributed by atoms with E-state index < -0.39 is 0 Å². The Morgan fingerprint density at radius 2 is 1.85 bits per heavy atom. The van der Waals surface area contributed by atoms with E-state index in [0.717, 1.165) is 73.8 Å². The third-order valence-electron chi connectivity index (χ3n) is 10.2. The molecule has 3 atom stereocenters. The molecule has 41 heavy (non-hydrogen) atoms. The first-order chi connectivity index (χ1) is 19.8. The molecule has 2 saturated carbocycles. The number of methoxy groups -OCH3 is 2. The molecule has 0 aliphatic heterocycles. The molecule has 0 amide bonds. The Morgan fingerprint density at radius 3 is 2.56 bits per heavy atom. The highest BCUT2D eigenvalue weighted by Crippen LogP contribution is 2.56. The van der Waals surface area contributed by atoms with Gasteiger partial charge in [-0.15, -0.1) is 0 Å². The Labute approximate surface area is 242 Å². The molecule has 2 aromatic carbocycles. The van der Waals surface area contributed by atoms with Gasteiger partial charge in [0.1, 0.15) is 18.2 Å². The molecule has 0 bridgehead atoms. The predicted octanol–water partition coefficient (Wildman–Crippen LogP) is 7.93. The van der Waals surface area contributed by atoms with Crippen LogP contribution in [-0.2, 0) is 28.0 Å². The quantitative estimate of drug-likeness (QED) is 0.276. The number of ether oxygens (including phenoxy) is 3. The smallest absolute Gasteiger partial charge is 0.309 e. The second kappa shape index (κ2) is 10.8. The highest BCUT2D eigenvalue weighted by Gasteiger charge is 2.53. The lowest BCUT2D eigenvalue weighted by Crippen LogP contribution is -2.50. The Bertz CT molecular complexity index is 1470. The molecule has 0 radical (unpaired) electrons. The van der Waals surface area contributed by atoms with Crippen molar-refractivity contribution in [3.05, 3.63) is 76.7 Å². The number of carbonyl (C=O) groups is 1. The van der Waals surface area contributed by atoms with E-state index in [1.165, 1.54) is 24.4 Å². The van der Waals surface area contributed by atoms with Crippen molar-refractivity contribution in [2.24, 2.45) is 11.3 Å². The summed E-state index contributed by atoms with van der Waals surface area (Å²) in [6.07, 6.45) is 9.65. The Hall–Kier alpha value is -3.41. The van der Waals surface area contributed by atoms with Gasteiger partial charge in [0.15, 0.2) is 0 Å². The van der Waals surface area contributed by atoms with Crippen LogP contribution in [0.25, 0.3) is 11.1 Å². The van der Waals surface area contributed by atoms with Gasteiger partial charge in [-0.25, -0.2) is 9.37 Å². The van der Waals surface area contributed by atoms with E-state index in [9.17, 15) is 4.79 Å². The zero-order valence-electron chi connectivity index (χ0n) is 24.6. The molecule has 1 spiro atoms. The van der Waals surface area contributed by atoms with Gasteiger partial charge in [0.05, 0.1) is 26.3 Å². The maximum absolute atomic E-state index is 15.1. The standard InChI is InChI=1S/C35H40FNO4/c1-34(2)14-6-8-28(34)26-17-22(9-12-25(26)27-19-32(39-3)37-20-31(27)36)21-41-24-11-10-23-7-5-15-35(30(23)18-24)16-13-29(35)33(38)40-4/h9-12,17-20,28-29H,5-8,13-16,21H2,1-4H3/t28-,29+,35+/m0/s1. The van der Waals surface area contributed by atoms with E-state index in [2.05, 4.69) is 43.1 Å². The highest BCUT2D eigenvalue weighted by molar-refractivity contribution is 5.76. The van der Waals surface area contributed by atoms with Crippen molar-refractivity contribution in [1.29, 1.82) is 0 Å². The number of pyridine rings is 1. The number of esters is 1. The fourth-order valence-electron chi connectivity index (χ4n) is 7.84. The van der Waals surface area contributed by atoms with Crippen molar-refractivity contribution in [1.82, 2.24) is 4.98 Å². The zero-order chi connectivity index (χ0) is 28.8. The largest absolute Gasteiger partial charge is 0.489 e. The van der Waals surface area contributed by atoms with Gasteiger partial charge in [0, 0.05) is 17.0 Å². The summed E-state index contributed by atoms with van der Waals surface area (Å²) < 4.78 is 32.0. The SMILES string of the molecule is COC(=O)[C@H]1CC[C@]12CCCc1ccc(OCc3ccc(-c4cc(OC)ncc4F)c([C@@H]4CCCC4(C)C)c3)cc12. The zero-order valence-corrected chi connectivity index (χ0v) is 24.6. The van der Waals surface area contributed by atoms with Crippen molar-refractivity contribution >= 4 is 5.97 Å².